The molecule has 0 radical (unpaired) electrons. The Labute approximate surface area is 230 Å². The molecular formula is C27H25BrN2O9. The van der Waals surface area contributed by atoms with Crippen molar-refractivity contribution in [2.45, 2.75) is 30.5 Å². The lowest BCUT2D eigenvalue weighted by molar-refractivity contribution is -0.162. The zero-order chi connectivity index (χ0) is 28.0. The van der Waals surface area contributed by atoms with Crippen LogP contribution in [0.1, 0.15) is 18.2 Å². The lowest BCUT2D eigenvalue weighted by Gasteiger charge is -2.29. The molecule has 1 aromatic heterocycles. The molecule has 39 heavy (non-hydrogen) atoms. The van der Waals surface area contributed by atoms with Gasteiger partial charge in [-0.1, -0.05) is 52.3 Å². The summed E-state index contributed by atoms with van der Waals surface area (Å²) >= 11 is 3.06. The second-order valence-corrected chi connectivity index (χ2v) is 9.25. The summed E-state index contributed by atoms with van der Waals surface area (Å²) in [5, 5.41) is 22.4. The molecule has 0 amide bonds. The number of hydrogen-bond acceptors (Lipinski definition) is 9. The molecule has 4 atom stereocenters. The first-order chi connectivity index (χ1) is 18.7. The number of halogens is 1. The quantitative estimate of drug-likeness (QED) is 0.297. The number of aromatic amines is 1. The topological polar surface area (TPSA) is 157 Å². The minimum absolute atomic E-state index is 0.0775. The van der Waals surface area contributed by atoms with E-state index in [0.29, 0.717) is 11.5 Å². The molecule has 2 aromatic carbocycles. The van der Waals surface area contributed by atoms with Crippen LogP contribution in [-0.2, 0) is 14.3 Å². The molecule has 3 N–H and O–H groups in total. The van der Waals surface area contributed by atoms with Crippen LogP contribution >= 0.6 is 15.9 Å². The van der Waals surface area contributed by atoms with E-state index in [1.807, 2.05) is 0 Å². The molecule has 1 unspecified atom stereocenters. The maximum absolute atomic E-state index is 13.3. The predicted molar refractivity (Wildman–Crippen MR) is 143 cm³/mol. The summed E-state index contributed by atoms with van der Waals surface area (Å²) in [6.45, 7) is -1.17. The first kappa shape index (κ1) is 28.2. The molecule has 1 aliphatic heterocycles. The smallest absolute Gasteiger partial charge is 0.330 e. The molecule has 11 nitrogen and oxygen atoms in total. The second kappa shape index (κ2) is 12.3. The van der Waals surface area contributed by atoms with Crippen molar-refractivity contribution in [1.29, 1.82) is 0 Å². The molecular weight excluding hydrogens is 576 g/mol. The van der Waals surface area contributed by atoms with E-state index < -0.39 is 66.5 Å². The van der Waals surface area contributed by atoms with Crippen molar-refractivity contribution >= 4 is 33.6 Å². The molecule has 0 saturated carbocycles. The van der Waals surface area contributed by atoms with Gasteiger partial charge in [0.1, 0.15) is 43.1 Å². The Balaban J connectivity index is 1.61. The van der Waals surface area contributed by atoms with Gasteiger partial charge in [-0.2, -0.15) is 0 Å². The van der Waals surface area contributed by atoms with Crippen LogP contribution in [-0.4, -0.2) is 62.4 Å². The lowest BCUT2D eigenvalue weighted by Crippen LogP contribution is -2.55. The van der Waals surface area contributed by atoms with Crippen LogP contribution in [0.3, 0.4) is 0 Å². The van der Waals surface area contributed by atoms with Gasteiger partial charge in [0.2, 0.25) is 11.6 Å². The highest BCUT2D eigenvalue weighted by molar-refractivity contribution is 9.11. The van der Waals surface area contributed by atoms with Crippen molar-refractivity contribution in [3.63, 3.8) is 0 Å². The van der Waals surface area contributed by atoms with Crippen LogP contribution in [0.25, 0.3) is 6.08 Å². The van der Waals surface area contributed by atoms with E-state index in [4.69, 9.17) is 14.2 Å². The van der Waals surface area contributed by atoms with Crippen LogP contribution < -0.4 is 20.7 Å². The van der Waals surface area contributed by atoms with E-state index >= 15 is 0 Å². The Morgan fingerprint density at radius 3 is 2.26 bits per heavy atom. The van der Waals surface area contributed by atoms with Gasteiger partial charge < -0.3 is 24.4 Å². The third-order valence-electron chi connectivity index (χ3n) is 6.15. The fraction of sp³-hybridized carbons (Fsp3) is 0.259. The van der Waals surface area contributed by atoms with Gasteiger partial charge in [-0.15, -0.1) is 0 Å². The summed E-state index contributed by atoms with van der Waals surface area (Å²) in [5.41, 5.74) is -3.89. The third-order valence-corrected chi connectivity index (χ3v) is 6.41. The molecule has 12 heteroatoms. The number of carbonyl (C=O) groups is 2. The number of nitrogens with zero attached hydrogens (tertiary/aromatic N) is 1. The minimum Gasteiger partial charge on any atom is -0.486 e. The van der Waals surface area contributed by atoms with Gasteiger partial charge in [0.05, 0.1) is 5.56 Å². The van der Waals surface area contributed by atoms with E-state index in [2.05, 4.69) is 20.9 Å². The van der Waals surface area contributed by atoms with Gasteiger partial charge in [-0.3, -0.25) is 23.9 Å². The molecule has 0 bridgehead atoms. The largest absolute Gasteiger partial charge is 0.486 e. The first-order valence-electron chi connectivity index (χ1n) is 11.8. The molecule has 4 rings (SSSR count). The predicted octanol–water partition coefficient (Wildman–Crippen LogP) is 1.58. The van der Waals surface area contributed by atoms with Gasteiger partial charge in [0.15, 0.2) is 5.60 Å². The first-order valence-corrected chi connectivity index (χ1v) is 12.7. The summed E-state index contributed by atoms with van der Waals surface area (Å²) in [6.07, 6.45) is -3.03. The van der Waals surface area contributed by atoms with Crippen LogP contribution in [0.5, 0.6) is 11.5 Å². The Morgan fingerprint density at radius 1 is 1.08 bits per heavy atom. The number of carbonyl (C=O) groups excluding carboxylic acids is 2. The highest BCUT2D eigenvalue weighted by atomic mass is 79.9. The highest BCUT2D eigenvalue weighted by Gasteiger charge is 2.57. The minimum atomic E-state index is -2.43. The second-order valence-electron chi connectivity index (χ2n) is 8.72. The number of aliphatic hydroxyl groups excluding tert-OH is 1. The van der Waals surface area contributed by atoms with E-state index in [-0.39, 0.29) is 5.56 Å². The number of aromatic nitrogens is 2. The summed E-state index contributed by atoms with van der Waals surface area (Å²) in [5.74, 6) is -1.01. The average Bonchev–Trinajstić information content (AvgIpc) is 3.30. The molecule has 1 aliphatic rings. The zero-order valence-electron chi connectivity index (χ0n) is 20.4. The summed E-state index contributed by atoms with van der Waals surface area (Å²) in [7, 11) is 0. The molecule has 0 spiro atoms. The Morgan fingerprint density at radius 2 is 1.67 bits per heavy atom. The summed E-state index contributed by atoms with van der Waals surface area (Å²) in [6, 6.07) is 16.8. The van der Waals surface area contributed by atoms with Crippen molar-refractivity contribution in [3.05, 3.63) is 98.2 Å². The number of aliphatic hydroxyl groups is 2. The number of rotatable bonds is 11. The maximum Gasteiger partial charge on any atom is 0.330 e. The molecule has 3 aromatic rings. The number of H-pyrrole nitrogens is 1. The number of Topliss-reactive ketones (excluding diaryl/α,β-unsaturated/α-hetero) is 2. The van der Waals surface area contributed by atoms with Crippen LogP contribution in [0.4, 0.5) is 0 Å². The zero-order valence-corrected chi connectivity index (χ0v) is 22.0. The third kappa shape index (κ3) is 6.42. The molecule has 2 heterocycles. The van der Waals surface area contributed by atoms with Crippen LogP contribution in [0, 0.1) is 0 Å². The number of hydrogen-bond donors (Lipinski definition) is 3. The number of ketones is 2. The summed E-state index contributed by atoms with van der Waals surface area (Å²) < 4.78 is 17.6. The summed E-state index contributed by atoms with van der Waals surface area (Å²) in [4.78, 5) is 54.4. The van der Waals surface area contributed by atoms with E-state index in [1.165, 1.54) is 17.3 Å². The monoisotopic (exact) mass is 600 g/mol. The Hall–Kier alpha value is -3.84. The molecule has 204 valence electrons. The number of ether oxygens (including phenoxy) is 3. The van der Waals surface area contributed by atoms with Gasteiger partial charge >= 0.3 is 5.69 Å². The standard InChI is InChI=1S/C27H25BrN2O9/c28-12-11-17-14-30(26(35)29-25(17)34)22-13-27(36,21(32)16-38-19-9-5-2-6-10-19)24(39-22)23(33)20(31)15-37-18-7-3-1-4-8-18/h1-12,14,22-24,33,36H,13,15-16H2,(H,29,34,35)/t22-,23?,24-,27-/m1/s1. The average molecular weight is 601 g/mol. The number of nitrogens with one attached hydrogen (secondary N) is 1. The van der Waals surface area contributed by atoms with Gasteiger partial charge in [0, 0.05) is 12.6 Å². The van der Waals surface area contributed by atoms with Gasteiger partial charge in [-0.05, 0) is 35.3 Å². The van der Waals surface area contributed by atoms with Crippen molar-refractivity contribution in [3.8, 4) is 11.5 Å². The Kier molecular flexibility index (Phi) is 8.92. The molecule has 1 fully saturated rings. The van der Waals surface area contributed by atoms with Gasteiger partial charge in [0.25, 0.3) is 5.56 Å². The van der Waals surface area contributed by atoms with Crippen molar-refractivity contribution in [1.82, 2.24) is 9.55 Å². The SMILES string of the molecule is O=C(COc1ccccc1)C(O)[C@H]1O[C@@H](n2cc(C=CBr)c(=O)[nH]c2=O)C[C@@]1(O)C(=O)COc1ccccc1. The van der Waals surface area contributed by atoms with Crippen molar-refractivity contribution < 1.29 is 34.0 Å². The fourth-order valence-electron chi connectivity index (χ4n) is 4.10. The molecule has 0 aliphatic carbocycles. The normalized spacial score (nSPS) is 21.5. The van der Waals surface area contributed by atoms with Gasteiger partial charge in [-0.25, -0.2) is 4.79 Å². The fourth-order valence-corrected chi connectivity index (χ4v) is 4.39. The van der Waals surface area contributed by atoms with Crippen molar-refractivity contribution in [2.24, 2.45) is 0 Å². The Bertz CT molecular complexity index is 1460. The van der Waals surface area contributed by atoms with E-state index in [1.54, 1.807) is 60.7 Å². The van der Waals surface area contributed by atoms with Crippen LogP contribution in [0.2, 0.25) is 0 Å². The van der Waals surface area contributed by atoms with Crippen molar-refractivity contribution in [2.75, 3.05) is 13.2 Å². The maximum atomic E-state index is 13.3. The van der Waals surface area contributed by atoms with E-state index in [0.717, 1.165) is 4.57 Å². The van der Waals surface area contributed by atoms with E-state index in [9.17, 15) is 29.4 Å². The lowest BCUT2D eigenvalue weighted by atomic mass is 9.86. The number of para-hydroxylation sites is 2. The highest BCUT2D eigenvalue weighted by Crippen LogP contribution is 2.39. The van der Waals surface area contributed by atoms with Crippen LogP contribution in [0.15, 0.2) is 81.4 Å². The molecule has 1 saturated heterocycles. The number of benzene rings is 2.